The van der Waals surface area contributed by atoms with Crippen LogP contribution < -0.4 is 0 Å². The summed E-state index contributed by atoms with van der Waals surface area (Å²) in [6.07, 6.45) is -0.586. The summed E-state index contributed by atoms with van der Waals surface area (Å²) in [5.41, 5.74) is -3.99. The average Bonchev–Trinajstić information content (AvgIpc) is 2.52. The highest BCUT2D eigenvalue weighted by Crippen LogP contribution is 2.48. The lowest BCUT2D eigenvalue weighted by molar-refractivity contribution is -0.173. The maximum Gasteiger partial charge on any atom is 0.415 e. The zero-order valence-corrected chi connectivity index (χ0v) is 13.6. The van der Waals surface area contributed by atoms with Gasteiger partial charge in [-0.15, -0.1) is 0 Å². The number of allylic oxidation sites excluding steroid dienone is 2. The van der Waals surface area contributed by atoms with Gasteiger partial charge < -0.3 is 10.0 Å². The number of hydrogen-bond acceptors (Lipinski definition) is 2. The molecular weight excluding hydrogens is 338 g/mol. The van der Waals surface area contributed by atoms with Gasteiger partial charge in [-0.3, -0.25) is 4.79 Å². The average molecular weight is 355 g/mol. The summed E-state index contributed by atoms with van der Waals surface area (Å²) < 4.78 is 56.5. The van der Waals surface area contributed by atoms with E-state index < -0.39 is 29.1 Å². The van der Waals surface area contributed by atoms with Crippen LogP contribution in [0.25, 0.3) is 6.08 Å². The second kappa shape index (κ2) is 6.48. The molecule has 134 valence electrons. The second-order valence-corrected chi connectivity index (χ2v) is 5.70. The number of halogens is 4. The predicted octanol–water partition coefficient (Wildman–Crippen LogP) is 3.63. The number of carbonyl (C=O) groups is 1. The van der Waals surface area contributed by atoms with Gasteiger partial charge in [-0.2, -0.15) is 13.2 Å². The lowest BCUT2D eigenvalue weighted by Gasteiger charge is -2.47. The molecule has 1 aromatic carbocycles. The van der Waals surface area contributed by atoms with Crippen molar-refractivity contribution < 1.29 is 27.5 Å². The van der Waals surface area contributed by atoms with E-state index in [1.54, 1.807) is 6.07 Å². The number of likely N-dealkylation sites (N-methyl/N-ethyl adjacent to an activating group) is 1. The number of carbonyl (C=O) groups excluding carboxylic acids is 1. The zero-order valence-electron chi connectivity index (χ0n) is 13.6. The third-order valence-corrected chi connectivity index (χ3v) is 4.13. The minimum atomic E-state index is -5.00. The van der Waals surface area contributed by atoms with Gasteiger partial charge in [0.05, 0.1) is 5.57 Å². The van der Waals surface area contributed by atoms with Gasteiger partial charge in [0, 0.05) is 14.0 Å². The molecule has 0 radical (unpaired) electrons. The molecule has 1 aliphatic rings. The minimum absolute atomic E-state index is 0.157. The number of aliphatic hydroxyl groups is 1. The van der Waals surface area contributed by atoms with Crippen LogP contribution in [0.4, 0.5) is 17.6 Å². The first-order valence-corrected chi connectivity index (χ1v) is 7.39. The number of rotatable bonds is 3. The number of benzene rings is 1. The van der Waals surface area contributed by atoms with Crippen molar-refractivity contribution in [3.63, 3.8) is 0 Å². The van der Waals surface area contributed by atoms with Crippen LogP contribution in [-0.4, -0.2) is 40.5 Å². The van der Waals surface area contributed by atoms with Crippen LogP contribution in [0.1, 0.15) is 12.5 Å². The fourth-order valence-corrected chi connectivity index (χ4v) is 2.80. The Morgan fingerprint density at radius 1 is 1.16 bits per heavy atom. The van der Waals surface area contributed by atoms with E-state index in [-0.39, 0.29) is 5.56 Å². The summed E-state index contributed by atoms with van der Waals surface area (Å²) in [5.74, 6) is -4.28. The van der Waals surface area contributed by atoms with E-state index in [1.807, 2.05) is 0 Å². The van der Waals surface area contributed by atoms with E-state index in [1.165, 1.54) is 24.3 Å². The number of hydrogen-bond donors (Lipinski definition) is 1. The molecule has 0 aromatic heterocycles. The van der Waals surface area contributed by atoms with Crippen molar-refractivity contribution in [3.8, 4) is 0 Å². The molecule has 7 heteroatoms. The first kappa shape index (κ1) is 18.9. The lowest BCUT2D eigenvalue weighted by Crippen LogP contribution is -2.64. The van der Waals surface area contributed by atoms with Crippen LogP contribution >= 0.6 is 0 Å². The van der Waals surface area contributed by atoms with Crippen LogP contribution in [0.5, 0.6) is 0 Å². The molecule has 2 atom stereocenters. The maximum absolute atomic E-state index is 15.0. The molecule has 2 unspecified atom stereocenters. The Bertz CT molecular complexity index is 735. The zero-order chi connectivity index (χ0) is 18.9. The monoisotopic (exact) mass is 355 g/mol. The first-order valence-electron chi connectivity index (χ1n) is 7.39. The Kier molecular flexibility index (Phi) is 4.90. The van der Waals surface area contributed by atoms with Crippen molar-refractivity contribution in [1.82, 2.24) is 4.90 Å². The topological polar surface area (TPSA) is 40.5 Å². The van der Waals surface area contributed by atoms with Gasteiger partial charge in [-0.1, -0.05) is 42.5 Å². The summed E-state index contributed by atoms with van der Waals surface area (Å²) in [5, 5.41) is 10.2. The van der Waals surface area contributed by atoms with E-state index in [4.69, 9.17) is 0 Å². The molecular formula is C18H17F4NO2. The van der Waals surface area contributed by atoms with Gasteiger partial charge in [0.1, 0.15) is 0 Å². The Hall–Kier alpha value is -2.41. The highest BCUT2D eigenvalue weighted by Gasteiger charge is 2.62. The highest BCUT2D eigenvalue weighted by molar-refractivity contribution is 5.77. The molecule has 1 amide bonds. The summed E-state index contributed by atoms with van der Waals surface area (Å²) in [4.78, 5) is 12.4. The fourth-order valence-electron chi connectivity index (χ4n) is 2.80. The molecule has 3 nitrogen and oxygen atoms in total. The van der Waals surface area contributed by atoms with Crippen LogP contribution in [0.3, 0.4) is 0 Å². The molecule has 25 heavy (non-hydrogen) atoms. The molecule has 0 spiro atoms. The fraction of sp³-hybridized carbons (Fsp3) is 0.278. The summed E-state index contributed by atoms with van der Waals surface area (Å²) >= 11 is 0. The van der Waals surface area contributed by atoms with Crippen LogP contribution in [0.15, 0.2) is 60.2 Å². The van der Waals surface area contributed by atoms with Gasteiger partial charge in [-0.05, 0) is 23.8 Å². The number of alkyl halides is 4. The van der Waals surface area contributed by atoms with Gasteiger partial charge >= 0.3 is 6.18 Å². The summed E-state index contributed by atoms with van der Waals surface area (Å²) in [6, 6.07) is 7.50. The van der Waals surface area contributed by atoms with Crippen molar-refractivity contribution in [1.29, 1.82) is 0 Å². The van der Waals surface area contributed by atoms with Crippen molar-refractivity contribution in [2.75, 3.05) is 7.05 Å². The van der Waals surface area contributed by atoms with Crippen LogP contribution in [-0.2, 0) is 4.79 Å². The van der Waals surface area contributed by atoms with Gasteiger partial charge in [0.2, 0.25) is 5.91 Å². The molecule has 0 saturated heterocycles. The molecule has 1 N–H and O–H groups in total. The van der Waals surface area contributed by atoms with Gasteiger partial charge in [-0.25, -0.2) is 4.39 Å². The largest absolute Gasteiger partial charge is 0.415 e. The van der Waals surface area contributed by atoms with Crippen molar-refractivity contribution in [3.05, 3.63) is 65.8 Å². The van der Waals surface area contributed by atoms with Gasteiger partial charge in [0.25, 0.3) is 5.85 Å². The third kappa shape index (κ3) is 3.37. The maximum atomic E-state index is 15.0. The van der Waals surface area contributed by atoms with E-state index in [2.05, 4.69) is 0 Å². The van der Waals surface area contributed by atoms with E-state index >= 15 is 0 Å². The first-order chi connectivity index (χ1) is 11.5. The number of amides is 1. The molecule has 1 aliphatic carbocycles. The molecule has 2 rings (SSSR count). The standard InChI is InChI=1S/C18H17F4NO2/c1-13(24)23(2)16(10-6-7-11-17(16,19)25)15(18(20,21)22)12-14-8-4-3-5-9-14/h3-12,25H,1-2H3. The van der Waals surface area contributed by atoms with E-state index in [9.17, 15) is 27.5 Å². The normalized spacial score (nSPS) is 26.6. The van der Waals surface area contributed by atoms with Gasteiger partial charge in [0.15, 0.2) is 5.54 Å². The summed E-state index contributed by atoms with van der Waals surface area (Å²) in [6.45, 7) is 1.00. The highest BCUT2D eigenvalue weighted by atomic mass is 19.4. The molecule has 0 fully saturated rings. The van der Waals surface area contributed by atoms with Crippen molar-refractivity contribution in [2.45, 2.75) is 24.5 Å². The van der Waals surface area contributed by atoms with E-state index in [0.717, 1.165) is 38.3 Å². The number of nitrogens with zero attached hydrogens (tertiary/aromatic N) is 1. The van der Waals surface area contributed by atoms with Crippen LogP contribution in [0, 0.1) is 0 Å². The molecule has 1 aromatic rings. The quantitative estimate of drug-likeness (QED) is 0.841. The lowest BCUT2D eigenvalue weighted by atomic mass is 9.76. The Balaban J connectivity index is 2.81. The molecule has 0 saturated carbocycles. The van der Waals surface area contributed by atoms with Crippen LogP contribution in [0.2, 0.25) is 0 Å². The smallest absolute Gasteiger partial charge is 0.356 e. The Morgan fingerprint density at radius 3 is 2.20 bits per heavy atom. The predicted molar refractivity (Wildman–Crippen MR) is 86.0 cm³/mol. The Morgan fingerprint density at radius 2 is 1.72 bits per heavy atom. The summed E-state index contributed by atoms with van der Waals surface area (Å²) in [7, 11) is 1.01. The third-order valence-electron chi connectivity index (χ3n) is 4.13. The molecule has 0 heterocycles. The SMILES string of the molecule is CC(=O)N(C)C1(C(=Cc2ccccc2)C(F)(F)F)C=CC=CC1(O)F. The minimum Gasteiger partial charge on any atom is -0.356 e. The van der Waals surface area contributed by atoms with Crippen molar-refractivity contribution in [2.24, 2.45) is 0 Å². The second-order valence-electron chi connectivity index (χ2n) is 5.70. The molecule has 0 aliphatic heterocycles. The van der Waals surface area contributed by atoms with E-state index in [0.29, 0.717) is 11.0 Å². The molecule has 0 bridgehead atoms. The Labute approximate surface area is 142 Å². The van der Waals surface area contributed by atoms with Crippen molar-refractivity contribution >= 4 is 12.0 Å².